The Kier molecular flexibility index (Phi) is 7.27. The minimum absolute atomic E-state index is 0.0678. The van der Waals surface area contributed by atoms with Crippen molar-refractivity contribution < 1.29 is 22.8 Å². The molecule has 0 aliphatic heterocycles. The number of nitrogens with one attached hydrogen (secondary N) is 2. The Balaban J connectivity index is 1.43. The van der Waals surface area contributed by atoms with Crippen LogP contribution in [0.4, 0.5) is 18.9 Å². The van der Waals surface area contributed by atoms with Crippen molar-refractivity contribution in [1.29, 1.82) is 0 Å². The first-order valence-electron chi connectivity index (χ1n) is 10.3. The van der Waals surface area contributed by atoms with E-state index in [4.69, 9.17) is 11.6 Å². The summed E-state index contributed by atoms with van der Waals surface area (Å²) in [5.74, 6) is -1.12. The molecule has 2 N–H and O–H groups in total. The van der Waals surface area contributed by atoms with Crippen LogP contribution in [0.5, 0.6) is 0 Å². The van der Waals surface area contributed by atoms with E-state index in [-0.39, 0.29) is 16.3 Å². The third-order valence-electron chi connectivity index (χ3n) is 4.87. The van der Waals surface area contributed by atoms with E-state index in [1.807, 2.05) is 0 Å². The first kappa shape index (κ1) is 25.2. The fraction of sp³-hybridized carbons (Fsp3) is 0.130. The van der Waals surface area contributed by atoms with Crippen LogP contribution in [-0.2, 0) is 6.18 Å². The molecule has 3 heterocycles. The quantitative estimate of drug-likeness (QED) is 0.343. The molecule has 0 aliphatic rings. The summed E-state index contributed by atoms with van der Waals surface area (Å²) in [6, 6.07) is 7.55. The lowest BCUT2D eigenvalue weighted by Gasteiger charge is -2.12. The largest absolute Gasteiger partial charge is 0.417 e. The van der Waals surface area contributed by atoms with Gasteiger partial charge in [0, 0.05) is 23.6 Å². The molecule has 36 heavy (non-hydrogen) atoms. The molecule has 0 aliphatic carbocycles. The van der Waals surface area contributed by atoms with Crippen LogP contribution >= 0.6 is 22.9 Å². The maximum Gasteiger partial charge on any atom is 0.417 e. The lowest BCUT2D eigenvalue weighted by molar-refractivity contribution is -0.137. The topological polar surface area (TPSA) is 110 Å². The van der Waals surface area contributed by atoms with E-state index in [1.54, 1.807) is 37.5 Å². The number of hydrogen-bond donors (Lipinski definition) is 2. The summed E-state index contributed by atoms with van der Waals surface area (Å²) in [6.45, 7) is 1.68. The van der Waals surface area contributed by atoms with Gasteiger partial charge in [0.1, 0.15) is 21.9 Å². The van der Waals surface area contributed by atoms with Crippen molar-refractivity contribution >= 4 is 40.4 Å². The average molecular weight is 533 g/mol. The molecule has 2 amide bonds. The molecule has 13 heteroatoms. The third-order valence-corrected chi connectivity index (χ3v) is 6.38. The Morgan fingerprint density at radius 1 is 1.03 bits per heavy atom. The monoisotopic (exact) mass is 532 g/mol. The molecule has 0 bridgehead atoms. The second kappa shape index (κ2) is 10.4. The Bertz CT molecular complexity index is 1410. The van der Waals surface area contributed by atoms with E-state index in [0.29, 0.717) is 10.7 Å². The number of carbonyl (C=O) groups excluding carboxylic acids is 2. The highest BCUT2D eigenvalue weighted by molar-refractivity contribution is 7.13. The van der Waals surface area contributed by atoms with Gasteiger partial charge >= 0.3 is 6.18 Å². The van der Waals surface area contributed by atoms with Gasteiger partial charge in [0.15, 0.2) is 0 Å². The number of carbonyl (C=O) groups is 2. The fourth-order valence-corrected chi connectivity index (χ4v) is 4.14. The van der Waals surface area contributed by atoms with E-state index in [0.717, 1.165) is 29.0 Å². The molecule has 1 aromatic carbocycles. The second-order valence-corrected chi connectivity index (χ2v) is 8.90. The highest BCUT2D eigenvalue weighted by Gasteiger charge is 2.33. The van der Waals surface area contributed by atoms with Crippen LogP contribution in [0.15, 0.2) is 61.3 Å². The maximum absolute atomic E-state index is 13.1. The van der Waals surface area contributed by atoms with E-state index in [9.17, 15) is 22.8 Å². The van der Waals surface area contributed by atoms with Gasteiger partial charge in [-0.05, 0) is 43.3 Å². The van der Waals surface area contributed by atoms with Gasteiger partial charge in [-0.15, -0.1) is 11.3 Å². The minimum atomic E-state index is -4.66. The zero-order valence-electron chi connectivity index (χ0n) is 18.4. The first-order valence-corrected chi connectivity index (χ1v) is 11.5. The predicted octanol–water partition coefficient (Wildman–Crippen LogP) is 5.41. The van der Waals surface area contributed by atoms with Gasteiger partial charge in [-0.1, -0.05) is 11.6 Å². The molecule has 1 unspecified atom stereocenters. The number of halogens is 4. The van der Waals surface area contributed by atoms with Crippen LogP contribution < -0.4 is 10.6 Å². The normalized spacial score (nSPS) is 12.1. The standard InChI is InChI=1S/C23H16ClF3N6O2S/c1-12(32-20(34)18-9-17(30-11-31-18)13-4-6-28-7-5-13)22-29-10-19(36-22)21(35)33-14-2-3-16(24)15(8-14)23(25,26)27/h2-12H,1H3,(H,32,34)(H,33,35). The van der Waals surface area contributed by atoms with Gasteiger partial charge in [0.25, 0.3) is 11.8 Å². The number of amides is 2. The number of benzene rings is 1. The molecule has 4 rings (SSSR count). The second-order valence-electron chi connectivity index (χ2n) is 7.43. The Labute approximate surface area is 211 Å². The molecule has 0 saturated carbocycles. The Morgan fingerprint density at radius 2 is 1.78 bits per heavy atom. The smallest absolute Gasteiger partial charge is 0.342 e. The average Bonchev–Trinajstić information content (AvgIpc) is 3.36. The van der Waals surface area contributed by atoms with Crippen molar-refractivity contribution in [2.24, 2.45) is 0 Å². The lowest BCUT2D eigenvalue weighted by Crippen LogP contribution is -2.27. The van der Waals surface area contributed by atoms with Crippen LogP contribution in [0.25, 0.3) is 11.3 Å². The minimum Gasteiger partial charge on any atom is -0.342 e. The van der Waals surface area contributed by atoms with Gasteiger partial charge in [-0.3, -0.25) is 14.6 Å². The lowest BCUT2D eigenvalue weighted by atomic mass is 10.1. The van der Waals surface area contributed by atoms with E-state index < -0.39 is 34.6 Å². The molecule has 0 fully saturated rings. The zero-order chi connectivity index (χ0) is 25.9. The Hall–Kier alpha value is -3.90. The molecule has 184 valence electrons. The number of aromatic nitrogens is 4. The van der Waals surface area contributed by atoms with Gasteiger partial charge in [-0.2, -0.15) is 13.2 Å². The summed E-state index contributed by atoms with van der Waals surface area (Å²) < 4.78 is 39.2. The predicted molar refractivity (Wildman–Crippen MR) is 128 cm³/mol. The van der Waals surface area contributed by atoms with Gasteiger partial charge in [0.2, 0.25) is 0 Å². The maximum atomic E-state index is 13.1. The summed E-state index contributed by atoms with van der Waals surface area (Å²) in [6.07, 6.45) is 1.12. The molecular weight excluding hydrogens is 517 g/mol. The van der Waals surface area contributed by atoms with Crippen LogP contribution in [0, 0.1) is 0 Å². The molecule has 0 spiro atoms. The van der Waals surface area contributed by atoms with Crippen molar-refractivity contribution in [2.45, 2.75) is 19.1 Å². The van der Waals surface area contributed by atoms with E-state index in [2.05, 4.69) is 30.6 Å². The molecule has 3 aromatic heterocycles. The molecule has 1 atom stereocenters. The first-order chi connectivity index (χ1) is 17.1. The number of thiazole rings is 1. The zero-order valence-corrected chi connectivity index (χ0v) is 19.9. The van der Waals surface area contributed by atoms with Crippen molar-refractivity contribution in [2.75, 3.05) is 5.32 Å². The molecule has 0 radical (unpaired) electrons. The van der Waals surface area contributed by atoms with Crippen LogP contribution in [0.2, 0.25) is 5.02 Å². The number of rotatable bonds is 6. The summed E-state index contributed by atoms with van der Waals surface area (Å²) in [4.78, 5) is 41.7. The van der Waals surface area contributed by atoms with Crippen molar-refractivity contribution in [3.8, 4) is 11.3 Å². The summed E-state index contributed by atoms with van der Waals surface area (Å²) in [5.41, 5.74) is 0.339. The van der Waals surface area contributed by atoms with E-state index >= 15 is 0 Å². The van der Waals surface area contributed by atoms with Crippen molar-refractivity contribution in [3.63, 3.8) is 0 Å². The fourth-order valence-electron chi connectivity index (χ4n) is 3.10. The molecule has 0 saturated heterocycles. The number of anilines is 1. The van der Waals surface area contributed by atoms with Gasteiger partial charge in [0.05, 0.1) is 28.5 Å². The summed E-state index contributed by atoms with van der Waals surface area (Å²) in [7, 11) is 0. The number of hydrogen-bond acceptors (Lipinski definition) is 7. The SMILES string of the molecule is CC(NC(=O)c1cc(-c2ccncc2)ncn1)c1ncc(C(=O)Nc2ccc(Cl)c(C(F)(F)F)c2)s1. The number of pyridine rings is 1. The van der Waals surface area contributed by atoms with Gasteiger partial charge < -0.3 is 10.6 Å². The van der Waals surface area contributed by atoms with Crippen LogP contribution in [-0.4, -0.2) is 31.8 Å². The number of alkyl halides is 3. The van der Waals surface area contributed by atoms with E-state index in [1.165, 1.54) is 18.6 Å². The van der Waals surface area contributed by atoms with Crippen LogP contribution in [0.3, 0.4) is 0 Å². The molecular formula is C23H16ClF3N6O2S. The highest BCUT2D eigenvalue weighted by Crippen LogP contribution is 2.36. The van der Waals surface area contributed by atoms with Crippen molar-refractivity contribution in [1.82, 2.24) is 25.3 Å². The van der Waals surface area contributed by atoms with Gasteiger partial charge in [-0.25, -0.2) is 15.0 Å². The number of nitrogens with zero attached hydrogens (tertiary/aromatic N) is 4. The van der Waals surface area contributed by atoms with Crippen molar-refractivity contribution in [3.05, 3.63) is 87.5 Å². The van der Waals surface area contributed by atoms with Crippen LogP contribution in [0.1, 0.15) is 43.7 Å². The third kappa shape index (κ3) is 5.83. The summed E-state index contributed by atoms with van der Waals surface area (Å²) in [5, 5.41) is 5.11. The molecule has 4 aromatic rings. The summed E-state index contributed by atoms with van der Waals surface area (Å²) >= 11 is 6.61. The Morgan fingerprint density at radius 3 is 2.50 bits per heavy atom. The highest BCUT2D eigenvalue weighted by atomic mass is 35.5. The molecule has 8 nitrogen and oxygen atoms in total.